The molecule has 8 heteroatoms. The van der Waals surface area contributed by atoms with Crippen LogP contribution < -0.4 is 10.5 Å². The van der Waals surface area contributed by atoms with Crippen molar-refractivity contribution < 1.29 is 12.8 Å². The molecule has 0 amide bonds. The summed E-state index contributed by atoms with van der Waals surface area (Å²) in [5.41, 5.74) is 6.36. The van der Waals surface area contributed by atoms with Crippen molar-refractivity contribution in [1.29, 1.82) is 0 Å². The maximum atomic E-state index is 13.3. The van der Waals surface area contributed by atoms with Gasteiger partial charge in [0.05, 0.1) is 17.1 Å². The summed E-state index contributed by atoms with van der Waals surface area (Å²) in [4.78, 5) is 7.86. The summed E-state index contributed by atoms with van der Waals surface area (Å²) in [6.45, 7) is 1.70. The number of rotatable bonds is 5. The van der Waals surface area contributed by atoms with Gasteiger partial charge in [0.2, 0.25) is 10.0 Å². The third-order valence-corrected chi connectivity index (χ3v) is 4.30. The predicted octanol–water partition coefficient (Wildman–Crippen LogP) is 0.861. The number of benzene rings is 1. The molecule has 2 aromatic rings. The molecule has 0 bridgehead atoms. The van der Waals surface area contributed by atoms with E-state index < -0.39 is 15.8 Å². The Kier molecular flexibility index (Phi) is 4.61. The van der Waals surface area contributed by atoms with E-state index in [0.717, 1.165) is 6.07 Å². The van der Waals surface area contributed by atoms with Gasteiger partial charge < -0.3 is 5.73 Å². The van der Waals surface area contributed by atoms with Crippen molar-refractivity contribution in [3.8, 4) is 0 Å². The van der Waals surface area contributed by atoms with Gasteiger partial charge in [-0.25, -0.2) is 27.5 Å². The number of nitrogens with zero attached hydrogens (tertiary/aromatic N) is 2. The average molecular weight is 310 g/mol. The van der Waals surface area contributed by atoms with Gasteiger partial charge in [-0.05, 0) is 30.7 Å². The minimum Gasteiger partial charge on any atom is -0.326 e. The van der Waals surface area contributed by atoms with Crippen LogP contribution in [-0.4, -0.2) is 18.4 Å². The summed E-state index contributed by atoms with van der Waals surface area (Å²) >= 11 is 0. The van der Waals surface area contributed by atoms with Gasteiger partial charge >= 0.3 is 0 Å². The zero-order chi connectivity index (χ0) is 15.5. The molecule has 0 fully saturated rings. The third-order valence-electron chi connectivity index (χ3n) is 2.82. The van der Waals surface area contributed by atoms with E-state index in [1.54, 1.807) is 19.2 Å². The first kappa shape index (κ1) is 15.5. The Balaban J connectivity index is 2.24. The van der Waals surface area contributed by atoms with Crippen LogP contribution in [0.5, 0.6) is 0 Å². The normalized spacial score (nSPS) is 11.6. The maximum absolute atomic E-state index is 13.3. The van der Waals surface area contributed by atoms with Crippen LogP contribution in [0, 0.1) is 12.7 Å². The van der Waals surface area contributed by atoms with Crippen LogP contribution in [0.15, 0.2) is 35.4 Å². The number of sulfonamides is 1. The van der Waals surface area contributed by atoms with E-state index in [1.807, 2.05) is 0 Å². The largest absolute Gasteiger partial charge is 0.326 e. The van der Waals surface area contributed by atoms with E-state index in [4.69, 9.17) is 5.73 Å². The molecular formula is C13H15FN4O2S. The zero-order valence-corrected chi connectivity index (χ0v) is 12.2. The fourth-order valence-electron chi connectivity index (χ4n) is 1.80. The lowest BCUT2D eigenvalue weighted by molar-refractivity contribution is 0.574. The molecule has 0 unspecified atom stereocenters. The molecular weight excluding hydrogens is 295 g/mol. The van der Waals surface area contributed by atoms with Gasteiger partial charge in [-0.3, -0.25) is 0 Å². The van der Waals surface area contributed by atoms with Gasteiger partial charge in [0.15, 0.2) is 0 Å². The molecule has 0 aliphatic carbocycles. The second-order valence-corrected chi connectivity index (χ2v) is 6.11. The Hall–Kier alpha value is -1.90. The number of aryl methyl sites for hydroxylation is 1. The fraction of sp³-hybridized carbons (Fsp3) is 0.231. The number of aromatic nitrogens is 2. The molecule has 0 aliphatic heterocycles. The molecule has 112 valence electrons. The molecule has 1 heterocycles. The minimum absolute atomic E-state index is 0.00311. The van der Waals surface area contributed by atoms with Gasteiger partial charge in [-0.2, -0.15) is 0 Å². The number of hydrogen-bond donors (Lipinski definition) is 2. The molecule has 0 saturated carbocycles. The van der Waals surface area contributed by atoms with Gasteiger partial charge in [0, 0.05) is 12.7 Å². The summed E-state index contributed by atoms with van der Waals surface area (Å²) in [7, 11) is -3.87. The topological polar surface area (TPSA) is 98.0 Å². The standard InChI is InChI=1S/C13H15FN4O2S/c1-9-16-5-4-12(18-9)8-17-21(19,20)13-6-11(14)3-2-10(13)7-15/h2-6,17H,7-8,15H2,1H3. The second-order valence-electron chi connectivity index (χ2n) is 4.38. The van der Waals surface area contributed by atoms with Gasteiger partial charge in [0.1, 0.15) is 11.6 Å². The zero-order valence-electron chi connectivity index (χ0n) is 11.4. The molecule has 1 aromatic carbocycles. The fourth-order valence-corrected chi connectivity index (χ4v) is 3.06. The summed E-state index contributed by atoms with van der Waals surface area (Å²) in [5.74, 6) is -0.0921. The van der Waals surface area contributed by atoms with Crippen molar-refractivity contribution in [3.63, 3.8) is 0 Å². The molecule has 21 heavy (non-hydrogen) atoms. The minimum atomic E-state index is -3.87. The SMILES string of the molecule is Cc1nccc(CNS(=O)(=O)c2cc(F)ccc2CN)n1. The molecule has 0 radical (unpaired) electrons. The Morgan fingerprint density at radius 1 is 1.33 bits per heavy atom. The average Bonchev–Trinajstić information content (AvgIpc) is 2.45. The second kappa shape index (κ2) is 6.25. The maximum Gasteiger partial charge on any atom is 0.241 e. The van der Waals surface area contributed by atoms with Crippen LogP contribution >= 0.6 is 0 Å². The van der Waals surface area contributed by atoms with Gasteiger partial charge in [-0.15, -0.1) is 0 Å². The van der Waals surface area contributed by atoms with Crippen molar-refractivity contribution in [2.45, 2.75) is 24.9 Å². The highest BCUT2D eigenvalue weighted by Crippen LogP contribution is 2.17. The highest BCUT2D eigenvalue weighted by atomic mass is 32.2. The molecule has 0 aliphatic rings. The predicted molar refractivity (Wildman–Crippen MR) is 75.1 cm³/mol. The van der Waals surface area contributed by atoms with E-state index in [2.05, 4.69) is 14.7 Å². The van der Waals surface area contributed by atoms with E-state index in [0.29, 0.717) is 17.1 Å². The molecule has 1 aromatic heterocycles. The lowest BCUT2D eigenvalue weighted by Gasteiger charge is -2.10. The first-order valence-electron chi connectivity index (χ1n) is 6.19. The Morgan fingerprint density at radius 3 is 2.76 bits per heavy atom. The Bertz CT molecular complexity index is 750. The van der Waals surface area contributed by atoms with Crippen LogP contribution in [-0.2, 0) is 23.1 Å². The van der Waals surface area contributed by atoms with Crippen LogP contribution in [0.25, 0.3) is 0 Å². The lowest BCUT2D eigenvalue weighted by Crippen LogP contribution is -2.25. The summed E-state index contributed by atoms with van der Waals surface area (Å²) < 4.78 is 40.1. The molecule has 0 saturated heterocycles. The first-order chi connectivity index (χ1) is 9.92. The monoisotopic (exact) mass is 310 g/mol. The smallest absolute Gasteiger partial charge is 0.241 e. The molecule has 3 N–H and O–H groups in total. The highest BCUT2D eigenvalue weighted by molar-refractivity contribution is 7.89. The quantitative estimate of drug-likeness (QED) is 0.853. The van der Waals surface area contributed by atoms with E-state index in [1.165, 1.54) is 12.1 Å². The van der Waals surface area contributed by atoms with Crippen LogP contribution in [0.3, 0.4) is 0 Å². The molecule has 0 atom stereocenters. The van der Waals surface area contributed by atoms with E-state index in [-0.39, 0.29) is 18.0 Å². The van der Waals surface area contributed by atoms with Crippen molar-refractivity contribution in [2.24, 2.45) is 5.73 Å². The van der Waals surface area contributed by atoms with Gasteiger partial charge in [-0.1, -0.05) is 6.07 Å². The lowest BCUT2D eigenvalue weighted by atomic mass is 10.2. The van der Waals surface area contributed by atoms with Crippen molar-refractivity contribution in [2.75, 3.05) is 0 Å². The molecule has 6 nitrogen and oxygen atoms in total. The van der Waals surface area contributed by atoms with E-state index >= 15 is 0 Å². The summed E-state index contributed by atoms with van der Waals surface area (Å²) in [5, 5.41) is 0. The molecule has 0 spiro atoms. The Morgan fingerprint density at radius 2 is 2.10 bits per heavy atom. The van der Waals surface area contributed by atoms with Crippen LogP contribution in [0.1, 0.15) is 17.1 Å². The van der Waals surface area contributed by atoms with Crippen LogP contribution in [0.2, 0.25) is 0 Å². The summed E-state index contributed by atoms with van der Waals surface area (Å²) in [6.07, 6.45) is 1.54. The summed E-state index contributed by atoms with van der Waals surface area (Å²) in [6, 6.07) is 5.09. The number of halogens is 1. The first-order valence-corrected chi connectivity index (χ1v) is 7.67. The third kappa shape index (κ3) is 3.81. The Labute approximate surface area is 122 Å². The number of hydrogen-bond acceptors (Lipinski definition) is 5. The van der Waals surface area contributed by atoms with Crippen molar-refractivity contribution in [1.82, 2.24) is 14.7 Å². The van der Waals surface area contributed by atoms with E-state index in [9.17, 15) is 12.8 Å². The number of nitrogens with two attached hydrogens (primary N) is 1. The number of nitrogens with one attached hydrogen (secondary N) is 1. The van der Waals surface area contributed by atoms with Crippen molar-refractivity contribution in [3.05, 3.63) is 53.4 Å². The van der Waals surface area contributed by atoms with Crippen LogP contribution in [0.4, 0.5) is 4.39 Å². The molecule has 2 rings (SSSR count). The highest BCUT2D eigenvalue weighted by Gasteiger charge is 2.18. The van der Waals surface area contributed by atoms with Crippen molar-refractivity contribution >= 4 is 10.0 Å². The van der Waals surface area contributed by atoms with Gasteiger partial charge in [0.25, 0.3) is 0 Å².